The third-order valence-corrected chi connectivity index (χ3v) is 6.83. The van der Waals surface area contributed by atoms with E-state index >= 15 is 0 Å². The SMILES string of the molecule is CC(O)C(Oc1ccccc1)N(CCC(c1ccc(C(=O)O)cc1)c1ccc(C(=O)O)cc1)Cc1ccccc1. The highest BCUT2D eigenvalue weighted by molar-refractivity contribution is 5.88. The van der Waals surface area contributed by atoms with Gasteiger partial charge < -0.3 is 20.1 Å². The van der Waals surface area contributed by atoms with E-state index in [1.165, 1.54) is 0 Å². The molecule has 2 atom stereocenters. The van der Waals surface area contributed by atoms with Gasteiger partial charge in [-0.15, -0.1) is 0 Å². The first-order chi connectivity index (χ1) is 19.3. The van der Waals surface area contributed by atoms with Crippen molar-refractivity contribution < 1.29 is 29.6 Å². The van der Waals surface area contributed by atoms with Crippen LogP contribution in [0.2, 0.25) is 0 Å². The standard InChI is InChI=1S/C33H33NO6/c1-23(35)31(40-29-10-6-3-7-11-29)34(22-24-8-4-2-5-9-24)21-20-30(25-12-16-27(17-13-25)32(36)37)26-14-18-28(19-15-26)33(38)39/h2-19,23,30-31,35H,20-22H2,1H3,(H,36,37)(H,38,39). The van der Waals surface area contributed by atoms with Crippen LogP contribution >= 0.6 is 0 Å². The van der Waals surface area contributed by atoms with Gasteiger partial charge in [0.15, 0.2) is 6.23 Å². The summed E-state index contributed by atoms with van der Waals surface area (Å²) in [4.78, 5) is 25.0. The van der Waals surface area contributed by atoms with E-state index in [2.05, 4.69) is 4.90 Å². The minimum absolute atomic E-state index is 0.157. The van der Waals surface area contributed by atoms with Crippen molar-refractivity contribution in [2.45, 2.75) is 38.1 Å². The molecule has 4 aromatic rings. The van der Waals surface area contributed by atoms with Gasteiger partial charge in [-0.25, -0.2) is 9.59 Å². The first-order valence-electron chi connectivity index (χ1n) is 13.2. The van der Waals surface area contributed by atoms with Crippen LogP contribution in [0.4, 0.5) is 0 Å². The molecule has 0 aliphatic rings. The normalized spacial score (nSPS) is 12.7. The molecule has 0 aliphatic heterocycles. The van der Waals surface area contributed by atoms with Crippen LogP contribution in [0.3, 0.4) is 0 Å². The van der Waals surface area contributed by atoms with Crippen molar-refractivity contribution in [3.63, 3.8) is 0 Å². The zero-order valence-electron chi connectivity index (χ0n) is 22.3. The fraction of sp³-hybridized carbons (Fsp3) is 0.212. The van der Waals surface area contributed by atoms with Gasteiger partial charge in [0.05, 0.1) is 11.1 Å². The van der Waals surface area contributed by atoms with Crippen LogP contribution in [0.5, 0.6) is 5.75 Å². The van der Waals surface area contributed by atoms with Crippen molar-refractivity contribution in [3.8, 4) is 5.75 Å². The van der Waals surface area contributed by atoms with E-state index in [9.17, 15) is 24.9 Å². The van der Waals surface area contributed by atoms with Crippen LogP contribution < -0.4 is 4.74 Å². The Bertz CT molecular complexity index is 1310. The molecule has 0 radical (unpaired) electrons. The van der Waals surface area contributed by atoms with Crippen molar-refractivity contribution in [1.82, 2.24) is 4.90 Å². The van der Waals surface area contributed by atoms with E-state index in [1.54, 1.807) is 55.5 Å². The van der Waals surface area contributed by atoms with E-state index in [4.69, 9.17) is 4.74 Å². The van der Waals surface area contributed by atoms with E-state index in [0.717, 1.165) is 16.7 Å². The number of aromatic carboxylic acids is 2. The maximum atomic E-state index is 11.4. The Morgan fingerprint density at radius 2 is 1.20 bits per heavy atom. The maximum absolute atomic E-state index is 11.4. The van der Waals surface area contributed by atoms with Gasteiger partial charge in [0.2, 0.25) is 0 Å². The average molecular weight is 540 g/mol. The van der Waals surface area contributed by atoms with Gasteiger partial charge in [0.1, 0.15) is 11.9 Å². The number of para-hydroxylation sites is 1. The molecule has 0 heterocycles. The van der Waals surface area contributed by atoms with Crippen molar-refractivity contribution >= 4 is 11.9 Å². The van der Waals surface area contributed by atoms with Gasteiger partial charge in [0, 0.05) is 19.0 Å². The van der Waals surface area contributed by atoms with Crippen molar-refractivity contribution in [2.24, 2.45) is 0 Å². The van der Waals surface area contributed by atoms with E-state index in [1.807, 2.05) is 60.7 Å². The molecule has 0 saturated heterocycles. The zero-order chi connectivity index (χ0) is 28.5. The summed E-state index contributed by atoms with van der Waals surface area (Å²) in [5, 5.41) is 29.5. The lowest BCUT2D eigenvalue weighted by atomic mass is 9.87. The molecule has 0 spiro atoms. The number of hydrogen-bond acceptors (Lipinski definition) is 5. The summed E-state index contributed by atoms with van der Waals surface area (Å²) < 4.78 is 6.28. The number of nitrogens with zero attached hydrogens (tertiary/aromatic N) is 1. The molecule has 3 N–H and O–H groups in total. The number of aliphatic hydroxyl groups is 1. The van der Waals surface area contributed by atoms with Crippen molar-refractivity contribution in [3.05, 3.63) is 137 Å². The molecule has 40 heavy (non-hydrogen) atoms. The molecule has 206 valence electrons. The van der Waals surface area contributed by atoms with Gasteiger partial charge in [-0.1, -0.05) is 72.8 Å². The molecule has 2 unspecified atom stereocenters. The van der Waals surface area contributed by atoms with Crippen LogP contribution in [0.25, 0.3) is 0 Å². The van der Waals surface area contributed by atoms with Gasteiger partial charge in [-0.2, -0.15) is 0 Å². The summed E-state index contributed by atoms with van der Waals surface area (Å²) in [6.45, 7) is 2.77. The predicted molar refractivity (Wildman–Crippen MR) is 153 cm³/mol. The average Bonchev–Trinajstić information content (AvgIpc) is 2.97. The second-order valence-electron chi connectivity index (χ2n) is 9.71. The summed E-state index contributed by atoms with van der Waals surface area (Å²) in [5.74, 6) is -1.51. The maximum Gasteiger partial charge on any atom is 0.335 e. The number of carboxylic acids is 2. The molecular formula is C33H33NO6. The van der Waals surface area contributed by atoms with Crippen LogP contribution in [-0.4, -0.2) is 51.0 Å². The Morgan fingerprint density at radius 1 is 0.725 bits per heavy atom. The van der Waals surface area contributed by atoms with Gasteiger partial charge in [0.25, 0.3) is 0 Å². The fourth-order valence-corrected chi connectivity index (χ4v) is 4.77. The summed E-state index contributed by atoms with van der Waals surface area (Å²) in [5.41, 5.74) is 3.27. The van der Waals surface area contributed by atoms with E-state index in [-0.39, 0.29) is 17.0 Å². The molecular weight excluding hydrogens is 506 g/mol. The Balaban J connectivity index is 1.66. The van der Waals surface area contributed by atoms with Crippen molar-refractivity contribution in [1.29, 1.82) is 0 Å². The van der Waals surface area contributed by atoms with E-state index in [0.29, 0.717) is 25.3 Å². The number of hydrogen-bond donors (Lipinski definition) is 3. The monoisotopic (exact) mass is 539 g/mol. The molecule has 4 aromatic carbocycles. The van der Waals surface area contributed by atoms with E-state index < -0.39 is 24.3 Å². The molecule has 0 amide bonds. The summed E-state index contributed by atoms with van der Waals surface area (Å²) in [6, 6.07) is 32.8. The number of carbonyl (C=O) groups is 2. The third kappa shape index (κ3) is 7.56. The van der Waals surface area contributed by atoms with Crippen LogP contribution in [0, 0.1) is 0 Å². The fourth-order valence-electron chi connectivity index (χ4n) is 4.77. The van der Waals surface area contributed by atoms with Gasteiger partial charge >= 0.3 is 11.9 Å². The highest BCUT2D eigenvalue weighted by Gasteiger charge is 2.27. The molecule has 4 rings (SSSR count). The highest BCUT2D eigenvalue weighted by Crippen LogP contribution is 2.30. The van der Waals surface area contributed by atoms with Crippen molar-refractivity contribution in [2.75, 3.05) is 6.54 Å². The Hall–Kier alpha value is -4.46. The number of ether oxygens (including phenoxy) is 1. The summed E-state index contributed by atoms with van der Waals surface area (Å²) in [7, 11) is 0. The van der Waals surface area contributed by atoms with Crippen LogP contribution in [0.1, 0.15) is 56.7 Å². The van der Waals surface area contributed by atoms with Gasteiger partial charge in [-0.3, -0.25) is 4.90 Å². The Labute approximate surface area is 233 Å². The second kappa shape index (κ2) is 13.6. The molecule has 0 aromatic heterocycles. The molecule has 0 fully saturated rings. The smallest absolute Gasteiger partial charge is 0.335 e. The van der Waals surface area contributed by atoms with Crippen LogP contribution in [-0.2, 0) is 6.54 Å². The minimum Gasteiger partial charge on any atom is -0.478 e. The number of carboxylic acid groups (broad SMARTS) is 2. The highest BCUT2D eigenvalue weighted by atomic mass is 16.5. The molecule has 0 saturated carbocycles. The Kier molecular flexibility index (Phi) is 9.67. The third-order valence-electron chi connectivity index (χ3n) is 6.83. The molecule has 0 aliphatic carbocycles. The largest absolute Gasteiger partial charge is 0.478 e. The van der Waals surface area contributed by atoms with Gasteiger partial charge in [-0.05, 0) is 66.4 Å². The molecule has 7 heteroatoms. The zero-order valence-corrected chi connectivity index (χ0v) is 22.3. The lowest BCUT2D eigenvalue weighted by Gasteiger charge is -2.35. The number of benzene rings is 4. The lowest BCUT2D eigenvalue weighted by molar-refractivity contribution is -0.0633. The number of rotatable bonds is 13. The molecule has 7 nitrogen and oxygen atoms in total. The number of aliphatic hydroxyl groups excluding tert-OH is 1. The minimum atomic E-state index is -0.999. The van der Waals surface area contributed by atoms with Crippen LogP contribution in [0.15, 0.2) is 109 Å². The Morgan fingerprint density at radius 3 is 1.65 bits per heavy atom. The first-order valence-corrected chi connectivity index (χ1v) is 13.2. The first kappa shape index (κ1) is 28.5. The second-order valence-corrected chi connectivity index (χ2v) is 9.71. The lowest BCUT2D eigenvalue weighted by Crippen LogP contribution is -2.46. The summed E-state index contributed by atoms with van der Waals surface area (Å²) in [6.07, 6.45) is -0.827. The predicted octanol–water partition coefficient (Wildman–Crippen LogP) is 5.89. The molecule has 0 bridgehead atoms. The quantitative estimate of drug-likeness (QED) is 0.182. The summed E-state index contributed by atoms with van der Waals surface area (Å²) >= 11 is 0. The topological polar surface area (TPSA) is 107 Å².